The van der Waals surface area contributed by atoms with Gasteiger partial charge in [0.15, 0.2) is 0 Å². The molecular formula is C45H37FN4O7. The Labute approximate surface area is 327 Å². The normalized spacial score (nSPS) is 27.1. The van der Waals surface area contributed by atoms with Gasteiger partial charge >= 0.3 is 0 Å². The van der Waals surface area contributed by atoms with Crippen molar-refractivity contribution in [3.05, 3.63) is 138 Å². The number of methoxy groups -OCH3 is 1. The molecule has 8 atom stereocenters. The summed E-state index contributed by atoms with van der Waals surface area (Å²) < 4.78 is 18.2. The molecule has 4 fully saturated rings. The van der Waals surface area contributed by atoms with Gasteiger partial charge in [0.05, 0.1) is 47.8 Å². The summed E-state index contributed by atoms with van der Waals surface area (Å²) in [5, 5.41) is 5.50. The van der Waals surface area contributed by atoms with Crippen molar-refractivity contribution in [3.63, 3.8) is 0 Å². The number of rotatable bonds is 7. The maximum atomic E-state index is 13.0. The Morgan fingerprint density at radius 3 is 1.39 bits per heavy atom. The number of anilines is 4. The number of allylic oxidation sites excluding steroid dienone is 4. The van der Waals surface area contributed by atoms with E-state index in [9.17, 15) is 33.2 Å². The number of carbonyl (C=O) groups is 6. The monoisotopic (exact) mass is 764 g/mol. The number of ether oxygens (including phenoxy) is 1. The first-order valence-electron chi connectivity index (χ1n) is 18.9. The molecule has 6 amide bonds. The van der Waals surface area contributed by atoms with Gasteiger partial charge in [0.25, 0.3) is 11.8 Å². The van der Waals surface area contributed by atoms with Crippen LogP contribution in [0.5, 0.6) is 5.75 Å². The third-order valence-electron chi connectivity index (χ3n) is 12.2. The highest BCUT2D eigenvalue weighted by Gasteiger charge is 2.60. The van der Waals surface area contributed by atoms with E-state index in [0.29, 0.717) is 39.6 Å². The maximum Gasteiger partial charge on any atom is 0.255 e. The van der Waals surface area contributed by atoms with Gasteiger partial charge < -0.3 is 15.4 Å². The molecule has 0 aromatic heterocycles. The highest BCUT2D eigenvalue weighted by Crippen LogP contribution is 2.54. The highest BCUT2D eigenvalue weighted by molar-refractivity contribution is 6.24. The molecular weight excluding hydrogens is 728 g/mol. The summed E-state index contributed by atoms with van der Waals surface area (Å²) in [5.41, 5.74) is 2.88. The van der Waals surface area contributed by atoms with Crippen molar-refractivity contribution in [1.82, 2.24) is 0 Å². The first-order valence-corrected chi connectivity index (χ1v) is 18.9. The number of amides is 6. The molecule has 4 aromatic rings. The molecule has 2 aliphatic heterocycles. The van der Waals surface area contributed by atoms with Crippen LogP contribution < -0.4 is 25.2 Å². The van der Waals surface area contributed by atoms with Crippen LogP contribution in [0.2, 0.25) is 0 Å². The van der Waals surface area contributed by atoms with E-state index in [-0.39, 0.29) is 88.6 Å². The lowest BCUT2D eigenvalue weighted by Crippen LogP contribution is -2.32. The van der Waals surface area contributed by atoms with Crippen LogP contribution in [0.1, 0.15) is 33.6 Å². The van der Waals surface area contributed by atoms with Gasteiger partial charge in [-0.25, -0.2) is 4.39 Å². The Kier molecular flexibility index (Phi) is 8.91. The number of para-hydroxylation sites is 2. The molecule has 4 aliphatic carbocycles. The van der Waals surface area contributed by atoms with Gasteiger partial charge in [0, 0.05) is 16.8 Å². The Hall–Kier alpha value is -6.69. The Balaban J connectivity index is 0.000000148. The predicted molar refractivity (Wildman–Crippen MR) is 209 cm³/mol. The molecule has 0 spiro atoms. The molecule has 2 heterocycles. The molecule has 12 heteroatoms. The van der Waals surface area contributed by atoms with Crippen molar-refractivity contribution in [2.75, 3.05) is 27.5 Å². The average molecular weight is 765 g/mol. The minimum atomic E-state index is -0.379. The molecule has 4 aromatic carbocycles. The van der Waals surface area contributed by atoms with Crippen LogP contribution in [0.4, 0.5) is 27.1 Å². The molecule has 6 aliphatic rings. The van der Waals surface area contributed by atoms with Gasteiger partial charge in [-0.2, -0.15) is 0 Å². The lowest BCUT2D eigenvalue weighted by Gasteiger charge is -2.17. The Morgan fingerprint density at radius 1 is 0.561 bits per heavy atom. The van der Waals surface area contributed by atoms with E-state index in [1.54, 1.807) is 67.8 Å². The van der Waals surface area contributed by atoms with Crippen molar-refractivity contribution < 1.29 is 37.9 Å². The van der Waals surface area contributed by atoms with E-state index in [4.69, 9.17) is 4.74 Å². The second kappa shape index (κ2) is 14.1. The van der Waals surface area contributed by atoms with Gasteiger partial charge in [-0.3, -0.25) is 38.6 Å². The van der Waals surface area contributed by atoms with E-state index >= 15 is 0 Å². The van der Waals surface area contributed by atoms with Gasteiger partial charge in [-0.05, 0) is 121 Å². The molecule has 11 nitrogen and oxygen atoms in total. The number of carbonyl (C=O) groups excluding carboxylic acids is 6. The van der Waals surface area contributed by atoms with Gasteiger partial charge in [-0.15, -0.1) is 0 Å². The van der Waals surface area contributed by atoms with Crippen LogP contribution >= 0.6 is 0 Å². The molecule has 2 saturated carbocycles. The van der Waals surface area contributed by atoms with Crippen molar-refractivity contribution in [2.45, 2.75) is 12.8 Å². The zero-order valence-electron chi connectivity index (χ0n) is 30.7. The van der Waals surface area contributed by atoms with E-state index in [2.05, 4.69) is 34.9 Å². The predicted octanol–water partition coefficient (Wildman–Crippen LogP) is 6.65. The van der Waals surface area contributed by atoms with Crippen molar-refractivity contribution >= 4 is 58.2 Å². The minimum absolute atomic E-state index is 0.122. The molecule has 4 bridgehead atoms. The van der Waals surface area contributed by atoms with E-state index in [1.807, 2.05) is 12.1 Å². The third-order valence-corrected chi connectivity index (χ3v) is 12.2. The fourth-order valence-corrected chi connectivity index (χ4v) is 9.52. The van der Waals surface area contributed by atoms with Gasteiger partial charge in [0.1, 0.15) is 11.6 Å². The lowest BCUT2D eigenvalue weighted by molar-refractivity contribution is -0.124. The number of halogens is 1. The summed E-state index contributed by atoms with van der Waals surface area (Å²) in [5.74, 6) is -1.25. The van der Waals surface area contributed by atoms with Crippen LogP contribution in [0.3, 0.4) is 0 Å². The molecule has 0 radical (unpaired) electrons. The number of nitrogens with one attached hydrogen (secondary N) is 2. The SMILES string of the molecule is COc1ccccc1NC(=O)c1ccc(N2C(=O)C3C4C=CC(C4)C3C2=O)cc1.O=C(Nc1ccc(F)cc1)c1ccc(N2C(=O)C3C4C=CC(C4)C3C2=O)cc1. The largest absolute Gasteiger partial charge is 0.495 e. The van der Waals surface area contributed by atoms with Gasteiger partial charge in [-0.1, -0.05) is 36.4 Å². The van der Waals surface area contributed by atoms with Crippen LogP contribution in [0, 0.1) is 53.2 Å². The summed E-state index contributed by atoms with van der Waals surface area (Å²) in [6.45, 7) is 0. The number of benzene rings is 4. The quantitative estimate of drug-likeness (QED) is 0.159. The van der Waals surface area contributed by atoms with Crippen molar-refractivity contribution in [3.8, 4) is 5.75 Å². The molecule has 2 saturated heterocycles. The van der Waals surface area contributed by atoms with Gasteiger partial charge in [0.2, 0.25) is 23.6 Å². The standard InChI is InChI=1S/C23H20N2O4.C22H17FN2O3/c1-29-18-5-3-2-4-17(18)24-21(26)13-8-10-16(11-9-13)25-22(27)19-14-6-7-15(12-14)20(19)23(25)28;23-15-5-7-16(8-6-15)24-20(26)12-3-9-17(10-4-12)25-21(27)18-13-1-2-14(11-13)19(18)22(25)28/h2-11,14-15,19-20H,12H2,1H3,(H,24,26);1-10,13-14,18-19H,11H2,(H,24,26). The summed E-state index contributed by atoms with van der Waals surface area (Å²) in [6, 6.07) is 25.6. The lowest BCUT2D eigenvalue weighted by atomic mass is 9.85. The van der Waals surface area contributed by atoms with E-state index in [0.717, 1.165) is 12.8 Å². The Morgan fingerprint density at radius 2 is 0.965 bits per heavy atom. The first kappa shape index (κ1) is 36.0. The number of hydrogen-bond acceptors (Lipinski definition) is 7. The number of hydrogen-bond donors (Lipinski definition) is 2. The number of imide groups is 2. The smallest absolute Gasteiger partial charge is 0.255 e. The van der Waals surface area contributed by atoms with E-state index < -0.39 is 0 Å². The zero-order valence-corrected chi connectivity index (χ0v) is 30.7. The topological polar surface area (TPSA) is 142 Å². The van der Waals surface area contributed by atoms with Crippen molar-refractivity contribution in [2.24, 2.45) is 47.3 Å². The average Bonchev–Trinajstić information content (AvgIpc) is 4.09. The summed E-state index contributed by atoms with van der Waals surface area (Å²) in [7, 11) is 1.54. The molecule has 286 valence electrons. The summed E-state index contributed by atoms with van der Waals surface area (Å²) in [4.78, 5) is 79.0. The molecule has 8 unspecified atom stereocenters. The number of nitrogens with zero attached hydrogens (tertiary/aromatic N) is 2. The maximum absolute atomic E-state index is 13.0. The highest BCUT2D eigenvalue weighted by atomic mass is 19.1. The molecule has 10 rings (SSSR count). The van der Waals surface area contributed by atoms with E-state index in [1.165, 1.54) is 34.1 Å². The zero-order chi connectivity index (χ0) is 39.5. The summed E-state index contributed by atoms with van der Waals surface area (Å²) >= 11 is 0. The number of fused-ring (bicyclic) bond motifs is 10. The summed E-state index contributed by atoms with van der Waals surface area (Å²) in [6.07, 6.45) is 10.1. The van der Waals surface area contributed by atoms with Crippen LogP contribution in [0.25, 0.3) is 0 Å². The third kappa shape index (κ3) is 6.12. The molecule has 2 N–H and O–H groups in total. The van der Waals surface area contributed by atoms with Crippen LogP contribution in [0.15, 0.2) is 121 Å². The van der Waals surface area contributed by atoms with Crippen LogP contribution in [-0.4, -0.2) is 42.6 Å². The molecule has 57 heavy (non-hydrogen) atoms. The minimum Gasteiger partial charge on any atom is -0.495 e. The Bertz CT molecular complexity index is 2330. The fourth-order valence-electron chi connectivity index (χ4n) is 9.52. The first-order chi connectivity index (χ1) is 27.6. The fraction of sp³-hybridized carbons (Fsp3) is 0.244. The second-order valence-electron chi connectivity index (χ2n) is 15.2. The van der Waals surface area contributed by atoms with Crippen LogP contribution in [-0.2, 0) is 19.2 Å². The van der Waals surface area contributed by atoms with Crippen molar-refractivity contribution in [1.29, 1.82) is 0 Å². The second-order valence-corrected chi connectivity index (χ2v) is 15.2.